The first-order chi connectivity index (χ1) is 20.4. The van der Waals surface area contributed by atoms with Crippen LogP contribution >= 0.6 is 0 Å². The smallest absolute Gasteiger partial charge is 0.416 e. The lowest BCUT2D eigenvalue weighted by molar-refractivity contribution is -0.137. The number of sulfonamides is 1. The van der Waals surface area contributed by atoms with E-state index in [1.54, 1.807) is 0 Å². The monoisotopic (exact) mass is 553 g/mol. The van der Waals surface area contributed by atoms with Crippen molar-refractivity contribution in [2.45, 2.75) is 69.7 Å². The molecule has 11 heteroatoms. The van der Waals surface area contributed by atoms with Crippen LogP contribution in [0.4, 0.5) is 18.0 Å². The van der Waals surface area contributed by atoms with Gasteiger partial charge in [0.15, 0.2) is 0 Å². The molecular formula is C26H35F3N2O5S. The highest BCUT2D eigenvalue weighted by Crippen LogP contribution is 2.31. The number of aliphatic hydroxyl groups is 1. The van der Waals surface area contributed by atoms with Crippen LogP contribution in [0, 0.1) is 5.92 Å². The number of benzene rings is 2. The molecule has 0 unspecified atom stereocenters. The van der Waals surface area contributed by atoms with E-state index in [4.69, 9.17) is 11.0 Å². The molecule has 0 heterocycles. The fourth-order valence-electron chi connectivity index (χ4n) is 3.10. The van der Waals surface area contributed by atoms with Crippen LogP contribution in [0.15, 0.2) is 59.4 Å². The molecule has 2 N–H and O–H groups in total. The maximum atomic E-state index is 13.9. The minimum Gasteiger partial charge on any atom is -0.465 e. The largest absolute Gasteiger partial charge is 0.465 e. The van der Waals surface area contributed by atoms with Gasteiger partial charge in [-0.15, -0.1) is 0 Å². The van der Waals surface area contributed by atoms with Gasteiger partial charge in [-0.3, -0.25) is 4.90 Å². The van der Waals surface area contributed by atoms with Crippen LogP contribution in [0.3, 0.4) is 0 Å². The first kappa shape index (κ1) is 19.4. The summed E-state index contributed by atoms with van der Waals surface area (Å²) in [6.45, 7) is 1.07. The Balaban J connectivity index is 3.06. The maximum absolute atomic E-state index is 13.9. The second kappa shape index (κ2) is 11.8. The molecule has 7 nitrogen and oxygen atoms in total. The topological polar surface area (TPSA) is 98.2 Å². The summed E-state index contributed by atoms with van der Waals surface area (Å²) in [6.07, 6.45) is -15.3. The molecule has 2 atom stereocenters. The third-order valence-electron chi connectivity index (χ3n) is 4.70. The van der Waals surface area contributed by atoms with Gasteiger partial charge >= 0.3 is 12.3 Å². The Morgan fingerprint density at radius 2 is 1.73 bits per heavy atom. The van der Waals surface area contributed by atoms with Crippen molar-refractivity contribution < 1.29 is 48.9 Å². The second-order valence-electron chi connectivity index (χ2n) is 9.32. The van der Waals surface area contributed by atoms with Gasteiger partial charge in [-0.2, -0.15) is 17.5 Å². The SMILES string of the molecule is [2H]c1ccc(C([2H])([2H])[C@]([2H])(N(C(=O)O)C(C)(C)C)[C@]([2H])(O)C([2H])([2H])N(CC(C)C)S(=O)(=O)c2ccc(C(F)(F)F)cc2)c([2H])c1[2H]. The lowest BCUT2D eigenvalue weighted by atomic mass is 9.94. The maximum Gasteiger partial charge on any atom is 0.416 e. The number of amides is 1. The van der Waals surface area contributed by atoms with E-state index in [0.29, 0.717) is 24.3 Å². The Kier molecular flexibility index (Phi) is 6.21. The molecule has 0 aliphatic heterocycles. The number of rotatable bonds is 10. The van der Waals surface area contributed by atoms with Crippen molar-refractivity contribution in [3.05, 3.63) is 65.7 Å². The number of nitrogens with zero attached hydrogens (tertiary/aromatic N) is 2. The molecule has 0 aliphatic rings. The Labute approximate surface area is 229 Å². The lowest BCUT2D eigenvalue weighted by Gasteiger charge is -2.42. The van der Waals surface area contributed by atoms with Crippen molar-refractivity contribution in [3.8, 4) is 0 Å². The van der Waals surface area contributed by atoms with Gasteiger partial charge in [0.05, 0.1) is 29.4 Å². The van der Waals surface area contributed by atoms with Crippen molar-refractivity contribution >= 4 is 16.1 Å². The van der Waals surface area contributed by atoms with Crippen molar-refractivity contribution in [3.63, 3.8) is 0 Å². The molecule has 2 rings (SSSR count). The first-order valence-corrected chi connectivity index (χ1v) is 12.4. The van der Waals surface area contributed by atoms with E-state index in [0.717, 1.165) is 32.9 Å². The predicted octanol–water partition coefficient (Wildman–Crippen LogP) is 5.10. The van der Waals surface area contributed by atoms with E-state index < -0.39 is 99.4 Å². The Morgan fingerprint density at radius 3 is 2.22 bits per heavy atom. The van der Waals surface area contributed by atoms with E-state index in [2.05, 4.69) is 0 Å². The molecule has 206 valence electrons. The van der Waals surface area contributed by atoms with Crippen LogP contribution in [0.5, 0.6) is 0 Å². The zero-order valence-corrected chi connectivity index (χ0v) is 21.6. The summed E-state index contributed by atoms with van der Waals surface area (Å²) in [5, 5.41) is 22.1. The summed E-state index contributed by atoms with van der Waals surface area (Å²) in [5.41, 5.74) is -4.18. The molecule has 0 saturated carbocycles. The minimum atomic E-state index is -5.32. The molecule has 0 bridgehead atoms. The predicted molar refractivity (Wildman–Crippen MR) is 135 cm³/mol. The summed E-state index contributed by atoms with van der Waals surface area (Å²) in [7, 11) is -5.32. The Morgan fingerprint density at radius 1 is 1.14 bits per heavy atom. The highest BCUT2D eigenvalue weighted by molar-refractivity contribution is 7.89. The van der Waals surface area contributed by atoms with E-state index >= 15 is 0 Å². The molecule has 0 fully saturated rings. The van der Waals surface area contributed by atoms with Gasteiger partial charge in [0.1, 0.15) is 0 Å². The summed E-state index contributed by atoms with van der Waals surface area (Å²) < 4.78 is 145. The van der Waals surface area contributed by atoms with Crippen LogP contribution in [0.25, 0.3) is 0 Å². The van der Waals surface area contributed by atoms with Crippen LogP contribution in [-0.4, -0.2) is 64.6 Å². The molecule has 2 aromatic carbocycles. The van der Waals surface area contributed by atoms with E-state index in [1.807, 2.05) is 0 Å². The number of alkyl halides is 3. The third-order valence-corrected chi connectivity index (χ3v) is 6.39. The number of carboxylic acid groups (broad SMARTS) is 1. The summed E-state index contributed by atoms with van der Waals surface area (Å²) in [5.74, 6) is -0.819. The number of hydrogen-bond acceptors (Lipinski definition) is 4. The molecule has 0 spiro atoms. The zero-order valence-electron chi connectivity index (χ0n) is 29.8. The average molecular weight is 554 g/mol. The summed E-state index contributed by atoms with van der Waals surface area (Å²) in [4.78, 5) is 11.7. The standard InChI is InChI=1S/C26H35F3N2O5S/c1-18(2)16-30(37(35,36)21-13-11-20(12-14-21)26(27,28)29)17-23(32)22(15-19-9-7-6-8-10-19)31(24(33)34)25(3,4)5/h6-14,18,22-23,32H,15-17H2,1-5H3,(H,33,34)/t22-,23+/m0/s1/i6D,7D,9D,15D2,17D2,22D,23D. The van der Waals surface area contributed by atoms with Crippen LogP contribution < -0.4 is 0 Å². The minimum absolute atomic E-state index is 0.110. The van der Waals surface area contributed by atoms with Crippen LogP contribution in [0.1, 0.15) is 58.1 Å². The molecule has 37 heavy (non-hydrogen) atoms. The van der Waals surface area contributed by atoms with Crippen molar-refractivity contribution in [1.29, 1.82) is 0 Å². The summed E-state index contributed by atoms with van der Waals surface area (Å²) in [6, 6.07) is -3.28. The molecule has 0 aliphatic carbocycles. The normalized spacial score (nSPS) is 20.6. The highest BCUT2D eigenvalue weighted by Gasteiger charge is 2.40. The first-order valence-electron chi connectivity index (χ1n) is 15.4. The van der Waals surface area contributed by atoms with Crippen LogP contribution in [0.2, 0.25) is 0 Å². The van der Waals surface area contributed by atoms with Gasteiger partial charge in [0.25, 0.3) is 0 Å². The average Bonchev–Trinajstić information content (AvgIpc) is 2.88. The quantitative estimate of drug-likeness (QED) is 0.427. The molecule has 1 amide bonds. The van der Waals surface area contributed by atoms with Gasteiger partial charge in [0.2, 0.25) is 10.0 Å². The Bertz CT molecular complexity index is 1570. The van der Waals surface area contributed by atoms with Gasteiger partial charge in [0, 0.05) is 24.1 Å². The number of halogens is 3. The molecule has 0 saturated heterocycles. The number of carbonyl (C=O) groups is 1. The fraction of sp³-hybridized carbons (Fsp3) is 0.500. The summed E-state index contributed by atoms with van der Waals surface area (Å²) >= 11 is 0. The Hall–Kier alpha value is -2.63. The van der Waals surface area contributed by atoms with Gasteiger partial charge in [-0.25, -0.2) is 13.2 Å². The van der Waals surface area contributed by atoms with Crippen molar-refractivity contribution in [2.75, 3.05) is 13.0 Å². The second-order valence-corrected chi connectivity index (χ2v) is 11.2. The van der Waals surface area contributed by atoms with Gasteiger partial charge in [-0.05, 0) is 62.9 Å². The third kappa shape index (κ3) is 8.18. The fourth-order valence-corrected chi connectivity index (χ4v) is 4.54. The van der Waals surface area contributed by atoms with E-state index in [1.165, 1.54) is 13.8 Å². The molecule has 0 radical (unpaired) electrons. The zero-order chi connectivity index (χ0) is 36.2. The van der Waals surface area contributed by atoms with E-state index in [-0.39, 0.29) is 9.21 Å². The van der Waals surface area contributed by atoms with Crippen molar-refractivity contribution in [1.82, 2.24) is 9.21 Å². The van der Waals surface area contributed by atoms with Crippen molar-refractivity contribution in [2.24, 2.45) is 5.92 Å². The number of hydrogen-bond donors (Lipinski definition) is 2. The lowest BCUT2D eigenvalue weighted by Crippen LogP contribution is -2.58. The molecule has 0 aromatic heterocycles. The van der Waals surface area contributed by atoms with Crippen LogP contribution in [-0.2, 0) is 22.6 Å². The van der Waals surface area contributed by atoms with Gasteiger partial charge in [-0.1, -0.05) is 44.1 Å². The van der Waals surface area contributed by atoms with E-state index in [9.17, 15) is 38.0 Å². The molecular weight excluding hydrogens is 509 g/mol. The van der Waals surface area contributed by atoms with Gasteiger partial charge < -0.3 is 10.2 Å². The highest BCUT2D eigenvalue weighted by atomic mass is 32.2. The molecule has 2 aromatic rings.